The predicted molar refractivity (Wildman–Crippen MR) is 160 cm³/mol. The summed E-state index contributed by atoms with van der Waals surface area (Å²) in [6, 6.07) is 5.73. The summed E-state index contributed by atoms with van der Waals surface area (Å²) in [6.07, 6.45) is 3.30. The predicted octanol–water partition coefficient (Wildman–Crippen LogP) is 4.78. The third kappa shape index (κ3) is 5.89. The van der Waals surface area contributed by atoms with Gasteiger partial charge in [0, 0.05) is 56.3 Å². The lowest BCUT2D eigenvalue weighted by Gasteiger charge is -2.37. The fourth-order valence-corrected chi connectivity index (χ4v) is 7.17. The zero-order chi connectivity index (χ0) is 30.7. The molecule has 2 aliphatic heterocycles. The number of hydrogen-bond acceptors (Lipinski definition) is 5. The third-order valence-electron chi connectivity index (χ3n) is 9.83. The second-order valence-electron chi connectivity index (χ2n) is 14.0. The van der Waals surface area contributed by atoms with Crippen LogP contribution in [0.3, 0.4) is 0 Å². The number of likely N-dealkylation sites (tertiary alicyclic amines) is 2. The van der Waals surface area contributed by atoms with Crippen LogP contribution in [0, 0.1) is 19.8 Å². The Morgan fingerprint density at radius 2 is 1.77 bits per heavy atom. The maximum Gasteiger partial charge on any atom is 0.407 e. The van der Waals surface area contributed by atoms with Crippen molar-refractivity contribution >= 4 is 17.9 Å². The Morgan fingerprint density at radius 3 is 2.44 bits per heavy atom. The molecule has 3 fully saturated rings. The number of piperidine rings is 2. The molecular weight excluding hydrogens is 549 g/mol. The van der Waals surface area contributed by atoms with E-state index >= 15 is 4.39 Å². The molecule has 43 heavy (non-hydrogen) atoms. The first-order chi connectivity index (χ1) is 20.3. The minimum absolute atomic E-state index is 0.0463. The van der Waals surface area contributed by atoms with Gasteiger partial charge in [0.05, 0.1) is 0 Å². The van der Waals surface area contributed by atoms with Crippen LogP contribution in [0.5, 0.6) is 0 Å². The van der Waals surface area contributed by atoms with Crippen molar-refractivity contribution < 1.29 is 23.5 Å². The van der Waals surface area contributed by atoms with Gasteiger partial charge in [-0.15, -0.1) is 0 Å². The van der Waals surface area contributed by atoms with Gasteiger partial charge in [-0.05, 0) is 88.8 Å². The van der Waals surface area contributed by atoms with E-state index in [0.29, 0.717) is 56.6 Å². The minimum atomic E-state index is -1.43. The van der Waals surface area contributed by atoms with Crippen LogP contribution in [-0.4, -0.2) is 75.3 Å². The zero-order valence-electron chi connectivity index (χ0n) is 26.0. The van der Waals surface area contributed by atoms with Gasteiger partial charge in [-0.2, -0.15) is 5.10 Å². The number of hydrogen-bond donors (Lipinski definition) is 1. The summed E-state index contributed by atoms with van der Waals surface area (Å²) in [6.45, 7) is 11.3. The number of carbonyl (C=O) groups excluding carboxylic acids is 3. The first-order valence-electron chi connectivity index (χ1n) is 15.7. The quantitative estimate of drug-likeness (QED) is 0.539. The number of halogens is 1. The van der Waals surface area contributed by atoms with E-state index in [4.69, 9.17) is 9.84 Å². The van der Waals surface area contributed by atoms with Gasteiger partial charge in [-0.1, -0.05) is 18.2 Å². The van der Waals surface area contributed by atoms with Gasteiger partial charge in [0.25, 0.3) is 5.91 Å². The molecule has 1 N–H and O–H groups in total. The van der Waals surface area contributed by atoms with E-state index in [-0.39, 0.29) is 37.2 Å². The van der Waals surface area contributed by atoms with Gasteiger partial charge in [0.1, 0.15) is 17.8 Å². The highest BCUT2D eigenvalue weighted by Gasteiger charge is 2.51. The van der Waals surface area contributed by atoms with Crippen molar-refractivity contribution in [1.82, 2.24) is 24.9 Å². The van der Waals surface area contributed by atoms with E-state index in [9.17, 15) is 14.4 Å². The molecule has 1 aromatic carbocycles. The van der Waals surface area contributed by atoms with Crippen molar-refractivity contribution in [3.8, 4) is 0 Å². The summed E-state index contributed by atoms with van der Waals surface area (Å²) < 4.78 is 23.2. The molecular formula is C33H44FN5O4. The van der Waals surface area contributed by atoms with E-state index in [1.165, 1.54) is 0 Å². The molecule has 2 aliphatic carbocycles. The Hall–Kier alpha value is -3.43. The molecule has 9 nitrogen and oxygen atoms in total. The number of rotatable bonds is 5. The van der Waals surface area contributed by atoms with Gasteiger partial charge in [-0.3, -0.25) is 14.3 Å². The smallest absolute Gasteiger partial charge is 0.407 e. The number of aryl methyl sites for hydroxylation is 1. The Bertz CT molecular complexity index is 1430. The van der Waals surface area contributed by atoms with Crippen molar-refractivity contribution in [1.29, 1.82) is 0 Å². The molecule has 232 valence electrons. The number of alkyl carbamates (subject to hydrolysis) is 1. The van der Waals surface area contributed by atoms with Crippen LogP contribution in [0.4, 0.5) is 9.18 Å². The monoisotopic (exact) mass is 593 g/mol. The van der Waals surface area contributed by atoms with Crippen LogP contribution in [-0.2, 0) is 28.2 Å². The molecule has 10 heteroatoms. The molecule has 3 heterocycles. The maximum atomic E-state index is 16.0. The molecule has 0 bridgehead atoms. The van der Waals surface area contributed by atoms with Crippen LogP contribution in [0.15, 0.2) is 18.2 Å². The summed E-state index contributed by atoms with van der Waals surface area (Å²) >= 11 is 0. The Labute approximate surface area is 253 Å². The van der Waals surface area contributed by atoms with Gasteiger partial charge in [-0.25, -0.2) is 9.18 Å². The fourth-order valence-electron chi connectivity index (χ4n) is 7.17. The number of ether oxygens (including phenoxy) is 1. The third-order valence-corrected chi connectivity index (χ3v) is 9.83. The molecule has 1 saturated carbocycles. The molecule has 4 aliphatic rings. The van der Waals surface area contributed by atoms with Gasteiger partial charge in [0.2, 0.25) is 5.91 Å². The minimum Gasteiger partial charge on any atom is -0.444 e. The topological polar surface area (TPSA) is 96.8 Å². The van der Waals surface area contributed by atoms with E-state index in [2.05, 4.69) is 5.32 Å². The highest BCUT2D eigenvalue weighted by atomic mass is 19.1. The number of benzene rings is 1. The highest BCUT2D eigenvalue weighted by Crippen LogP contribution is 2.57. The van der Waals surface area contributed by atoms with Gasteiger partial charge in [0.15, 0.2) is 5.69 Å². The van der Waals surface area contributed by atoms with E-state index in [1.807, 2.05) is 57.7 Å². The van der Waals surface area contributed by atoms with Crippen LogP contribution in [0.25, 0.3) is 0 Å². The van der Waals surface area contributed by atoms with Crippen molar-refractivity contribution in [2.24, 2.45) is 5.92 Å². The second kappa shape index (κ2) is 10.9. The number of nitrogens with zero attached hydrogens (tertiary/aromatic N) is 4. The van der Waals surface area contributed by atoms with Crippen LogP contribution in [0.2, 0.25) is 0 Å². The molecule has 0 unspecified atom stereocenters. The van der Waals surface area contributed by atoms with Crippen molar-refractivity contribution in [2.75, 3.05) is 26.2 Å². The highest BCUT2D eigenvalue weighted by molar-refractivity contribution is 5.95. The summed E-state index contributed by atoms with van der Waals surface area (Å²) in [5.41, 5.74) is 3.30. The molecule has 1 aromatic heterocycles. The summed E-state index contributed by atoms with van der Waals surface area (Å²) in [7, 11) is 0. The largest absolute Gasteiger partial charge is 0.444 e. The number of nitrogens with one attached hydrogen (secondary N) is 1. The number of amides is 3. The first kappa shape index (κ1) is 29.6. The van der Waals surface area contributed by atoms with E-state index in [1.54, 1.807) is 9.58 Å². The Balaban J connectivity index is 1.09. The lowest BCUT2D eigenvalue weighted by Crippen LogP contribution is -2.47. The van der Waals surface area contributed by atoms with E-state index < -0.39 is 17.4 Å². The maximum absolute atomic E-state index is 16.0. The number of aromatic nitrogens is 2. The summed E-state index contributed by atoms with van der Waals surface area (Å²) in [4.78, 5) is 42.9. The average molecular weight is 594 g/mol. The standard InChI is InChI=1S/C33H44FN5O4/c1-20-7-6-8-25(21(20)2)33(34)11-15-37(16-12-33)27(40)19-39-26-18-22-17-24(22)28(26)29(36-39)30(41)38-13-9-23(10-14-38)35-31(42)43-32(3,4)5/h6-8,22-24H,9-19H2,1-5H3,(H,35,42)/t22-,24-/m1/s1. The molecule has 0 spiro atoms. The van der Waals surface area contributed by atoms with Gasteiger partial charge < -0.3 is 19.9 Å². The lowest BCUT2D eigenvalue weighted by molar-refractivity contribution is -0.134. The van der Waals surface area contributed by atoms with Gasteiger partial charge >= 0.3 is 6.09 Å². The number of alkyl halides is 1. The van der Waals surface area contributed by atoms with Crippen molar-refractivity contribution in [3.05, 3.63) is 51.8 Å². The lowest BCUT2D eigenvalue weighted by atomic mass is 9.82. The normalized spacial score (nSPS) is 23.0. The number of fused-ring (bicyclic) bond motifs is 3. The molecule has 2 saturated heterocycles. The van der Waals surface area contributed by atoms with E-state index in [0.717, 1.165) is 40.8 Å². The first-order valence-corrected chi connectivity index (χ1v) is 15.7. The molecule has 0 radical (unpaired) electrons. The Morgan fingerprint density at radius 1 is 1.07 bits per heavy atom. The van der Waals surface area contributed by atoms with Crippen LogP contribution < -0.4 is 5.32 Å². The summed E-state index contributed by atoms with van der Waals surface area (Å²) in [5, 5.41) is 7.66. The fraction of sp³-hybridized carbons (Fsp3) is 0.636. The summed E-state index contributed by atoms with van der Waals surface area (Å²) in [5.74, 6) is 0.703. The Kier molecular flexibility index (Phi) is 7.53. The molecule has 6 rings (SSSR count). The van der Waals surface area contributed by atoms with Crippen molar-refractivity contribution in [2.45, 2.75) is 103 Å². The van der Waals surface area contributed by atoms with Crippen LogP contribution >= 0.6 is 0 Å². The number of carbonyl (C=O) groups is 3. The molecule has 3 amide bonds. The van der Waals surface area contributed by atoms with Crippen LogP contribution in [0.1, 0.15) is 97.2 Å². The molecule has 2 aromatic rings. The average Bonchev–Trinajstić information content (AvgIpc) is 3.47. The zero-order valence-corrected chi connectivity index (χ0v) is 26.0. The second-order valence-corrected chi connectivity index (χ2v) is 14.0. The molecule has 2 atom stereocenters. The van der Waals surface area contributed by atoms with Crippen molar-refractivity contribution in [3.63, 3.8) is 0 Å². The SMILES string of the molecule is Cc1cccc(C2(F)CCN(C(=O)Cn3nc(C(=O)N4CCC(NC(=O)OC(C)(C)C)CC4)c4c3C[C@H]3C[C@@H]43)CC2)c1C.